The Morgan fingerprint density at radius 2 is 1.64 bits per heavy atom. The van der Waals surface area contributed by atoms with Gasteiger partial charge in [-0.2, -0.15) is 13.2 Å². The zero-order chi connectivity index (χ0) is 26.0. The summed E-state index contributed by atoms with van der Waals surface area (Å²) in [5.41, 5.74) is 1.98. The van der Waals surface area contributed by atoms with Crippen LogP contribution < -0.4 is 9.64 Å². The van der Waals surface area contributed by atoms with Gasteiger partial charge in [-0.15, -0.1) is 0 Å². The molecule has 0 unspecified atom stereocenters. The standard InChI is InChI=1S/C27H27F3N2O4/c1-2-25(31-36-18-20-8-12-22(13-9-20)27(28,29)30)21-10-14-24(15-11-21)35-19-26(34)32(16-17-33)23-6-4-3-5-7-23/h3-15,33H,2,16-19H2,1H3. The summed E-state index contributed by atoms with van der Waals surface area (Å²) in [7, 11) is 0. The van der Waals surface area contributed by atoms with Gasteiger partial charge >= 0.3 is 6.18 Å². The molecule has 190 valence electrons. The number of hydrogen-bond donors (Lipinski definition) is 1. The topological polar surface area (TPSA) is 71.4 Å². The Bertz CT molecular complexity index is 1130. The average Bonchev–Trinajstić information content (AvgIpc) is 2.89. The van der Waals surface area contributed by atoms with E-state index in [1.165, 1.54) is 17.0 Å². The number of hydrogen-bond acceptors (Lipinski definition) is 5. The van der Waals surface area contributed by atoms with Gasteiger partial charge in [0.1, 0.15) is 12.4 Å². The third-order valence-electron chi connectivity index (χ3n) is 5.26. The van der Waals surface area contributed by atoms with Crippen LogP contribution in [0, 0.1) is 0 Å². The lowest BCUT2D eigenvalue weighted by Crippen LogP contribution is -2.37. The maximum absolute atomic E-state index is 12.7. The normalized spacial score (nSPS) is 11.8. The smallest absolute Gasteiger partial charge is 0.416 e. The largest absolute Gasteiger partial charge is 0.484 e. The van der Waals surface area contributed by atoms with E-state index in [-0.39, 0.29) is 32.3 Å². The van der Waals surface area contributed by atoms with E-state index in [0.717, 1.165) is 17.7 Å². The monoisotopic (exact) mass is 500 g/mol. The van der Waals surface area contributed by atoms with Crippen LogP contribution in [-0.2, 0) is 22.4 Å². The van der Waals surface area contributed by atoms with E-state index in [0.29, 0.717) is 29.1 Å². The molecular formula is C27H27F3N2O4. The molecule has 3 aromatic rings. The number of carbonyl (C=O) groups is 1. The first-order chi connectivity index (χ1) is 17.3. The van der Waals surface area contributed by atoms with Gasteiger partial charge in [0.2, 0.25) is 0 Å². The molecule has 9 heteroatoms. The summed E-state index contributed by atoms with van der Waals surface area (Å²) in [4.78, 5) is 19.5. The van der Waals surface area contributed by atoms with E-state index in [9.17, 15) is 23.1 Å². The van der Waals surface area contributed by atoms with E-state index >= 15 is 0 Å². The van der Waals surface area contributed by atoms with Crippen molar-refractivity contribution in [3.8, 4) is 5.75 Å². The molecule has 1 amide bonds. The van der Waals surface area contributed by atoms with Gasteiger partial charge in [-0.05, 0) is 66.1 Å². The van der Waals surface area contributed by atoms with Crippen LogP contribution in [0.3, 0.4) is 0 Å². The Kier molecular flexibility index (Phi) is 9.46. The molecule has 0 saturated carbocycles. The average molecular weight is 501 g/mol. The fraction of sp³-hybridized carbons (Fsp3) is 0.259. The molecule has 0 aliphatic carbocycles. The number of nitrogens with zero attached hydrogens (tertiary/aromatic N) is 2. The van der Waals surface area contributed by atoms with Crippen molar-refractivity contribution < 1.29 is 32.6 Å². The fourth-order valence-electron chi connectivity index (χ4n) is 3.37. The molecule has 0 aromatic heterocycles. The lowest BCUT2D eigenvalue weighted by Gasteiger charge is -2.22. The summed E-state index contributed by atoms with van der Waals surface area (Å²) in [5, 5.41) is 13.4. The predicted octanol–water partition coefficient (Wildman–Crippen LogP) is 5.44. The van der Waals surface area contributed by atoms with Crippen LogP contribution in [0.5, 0.6) is 5.75 Å². The maximum atomic E-state index is 12.7. The molecular weight excluding hydrogens is 473 g/mol. The van der Waals surface area contributed by atoms with Gasteiger partial charge < -0.3 is 19.6 Å². The lowest BCUT2D eigenvalue weighted by molar-refractivity contribution is -0.137. The van der Waals surface area contributed by atoms with Crippen LogP contribution in [0.2, 0.25) is 0 Å². The van der Waals surface area contributed by atoms with Crippen molar-refractivity contribution in [1.82, 2.24) is 0 Å². The molecule has 0 bridgehead atoms. The molecule has 3 rings (SSSR count). The van der Waals surface area contributed by atoms with Gasteiger partial charge in [0.15, 0.2) is 6.61 Å². The Balaban J connectivity index is 1.56. The number of aliphatic hydroxyl groups excluding tert-OH is 1. The minimum atomic E-state index is -4.38. The third-order valence-corrected chi connectivity index (χ3v) is 5.26. The summed E-state index contributed by atoms with van der Waals surface area (Å²) < 4.78 is 43.7. The van der Waals surface area contributed by atoms with Crippen LogP contribution in [0.15, 0.2) is 84.0 Å². The molecule has 3 aromatic carbocycles. The predicted molar refractivity (Wildman–Crippen MR) is 131 cm³/mol. The zero-order valence-electron chi connectivity index (χ0n) is 19.7. The van der Waals surface area contributed by atoms with Gasteiger partial charge in [0.25, 0.3) is 5.91 Å². The Labute approximate surface area is 207 Å². The lowest BCUT2D eigenvalue weighted by atomic mass is 10.1. The highest BCUT2D eigenvalue weighted by atomic mass is 19.4. The number of amides is 1. The fourth-order valence-corrected chi connectivity index (χ4v) is 3.37. The highest BCUT2D eigenvalue weighted by Crippen LogP contribution is 2.29. The molecule has 0 fully saturated rings. The van der Waals surface area contributed by atoms with E-state index in [2.05, 4.69) is 5.16 Å². The van der Waals surface area contributed by atoms with Gasteiger partial charge in [-0.1, -0.05) is 42.4 Å². The zero-order valence-corrected chi connectivity index (χ0v) is 19.7. The number of alkyl halides is 3. The van der Waals surface area contributed by atoms with Crippen LogP contribution in [0.25, 0.3) is 0 Å². The number of benzene rings is 3. The van der Waals surface area contributed by atoms with E-state index < -0.39 is 11.7 Å². The first kappa shape index (κ1) is 26.7. The number of ether oxygens (including phenoxy) is 1. The molecule has 0 spiro atoms. The van der Waals surface area contributed by atoms with Crippen molar-refractivity contribution >= 4 is 17.3 Å². The van der Waals surface area contributed by atoms with Crippen molar-refractivity contribution in [1.29, 1.82) is 0 Å². The second-order valence-corrected chi connectivity index (χ2v) is 7.78. The van der Waals surface area contributed by atoms with Crippen LogP contribution in [0.1, 0.15) is 30.0 Å². The SMILES string of the molecule is CCC(=NOCc1ccc(C(F)(F)F)cc1)c1ccc(OCC(=O)N(CCO)c2ccccc2)cc1. The highest BCUT2D eigenvalue weighted by molar-refractivity contribution is 6.00. The number of aliphatic hydroxyl groups is 1. The van der Waals surface area contributed by atoms with Crippen molar-refractivity contribution in [3.05, 3.63) is 95.6 Å². The van der Waals surface area contributed by atoms with Crippen LogP contribution >= 0.6 is 0 Å². The van der Waals surface area contributed by atoms with Gasteiger partial charge in [-0.3, -0.25) is 4.79 Å². The van der Waals surface area contributed by atoms with Crippen molar-refractivity contribution in [2.75, 3.05) is 24.7 Å². The Morgan fingerprint density at radius 3 is 2.22 bits per heavy atom. The molecule has 6 nitrogen and oxygen atoms in total. The number of carbonyl (C=O) groups excluding carboxylic acids is 1. The quantitative estimate of drug-likeness (QED) is 0.281. The molecule has 0 atom stereocenters. The second kappa shape index (κ2) is 12.7. The Morgan fingerprint density at radius 1 is 0.972 bits per heavy atom. The highest BCUT2D eigenvalue weighted by Gasteiger charge is 2.29. The van der Waals surface area contributed by atoms with E-state index in [1.807, 2.05) is 25.1 Å². The first-order valence-electron chi connectivity index (χ1n) is 11.4. The minimum absolute atomic E-state index is 0.0384. The molecule has 0 aliphatic rings. The minimum Gasteiger partial charge on any atom is -0.484 e. The van der Waals surface area contributed by atoms with Gasteiger partial charge in [-0.25, -0.2) is 0 Å². The summed E-state index contributed by atoms with van der Waals surface area (Å²) in [5.74, 6) is 0.206. The van der Waals surface area contributed by atoms with Crippen LogP contribution in [-0.4, -0.2) is 36.5 Å². The van der Waals surface area contributed by atoms with Crippen molar-refractivity contribution in [2.24, 2.45) is 5.16 Å². The number of oxime groups is 1. The van der Waals surface area contributed by atoms with E-state index in [1.54, 1.807) is 36.4 Å². The number of rotatable bonds is 11. The third kappa shape index (κ3) is 7.58. The number of anilines is 1. The molecule has 0 aliphatic heterocycles. The van der Waals surface area contributed by atoms with E-state index in [4.69, 9.17) is 9.57 Å². The molecule has 0 heterocycles. The summed E-state index contributed by atoms with van der Waals surface area (Å²) in [6.07, 6.45) is -3.81. The number of halogens is 3. The van der Waals surface area contributed by atoms with Crippen molar-refractivity contribution in [3.63, 3.8) is 0 Å². The molecule has 0 radical (unpaired) electrons. The second-order valence-electron chi connectivity index (χ2n) is 7.78. The molecule has 1 N–H and O–H groups in total. The summed E-state index contributed by atoms with van der Waals surface area (Å²) in [6.45, 7) is 1.74. The maximum Gasteiger partial charge on any atom is 0.416 e. The van der Waals surface area contributed by atoms with Gasteiger partial charge in [0, 0.05) is 12.2 Å². The van der Waals surface area contributed by atoms with Crippen LogP contribution in [0.4, 0.5) is 18.9 Å². The Hall–Kier alpha value is -3.85. The first-order valence-corrected chi connectivity index (χ1v) is 11.4. The summed E-state index contributed by atoms with van der Waals surface area (Å²) in [6, 6.07) is 20.8. The van der Waals surface area contributed by atoms with Gasteiger partial charge in [0.05, 0.1) is 17.9 Å². The summed E-state index contributed by atoms with van der Waals surface area (Å²) >= 11 is 0. The molecule has 36 heavy (non-hydrogen) atoms. The van der Waals surface area contributed by atoms with Crippen molar-refractivity contribution in [2.45, 2.75) is 26.1 Å². The molecule has 0 saturated heterocycles. The number of para-hydroxylation sites is 1.